The average molecular weight is 302 g/mol. The maximum absolute atomic E-state index is 6.32. The molecule has 0 saturated heterocycles. The van der Waals surface area contributed by atoms with E-state index in [1.54, 1.807) is 11.3 Å². The first-order valence-corrected chi connectivity index (χ1v) is 8.62. The van der Waals surface area contributed by atoms with Crippen LogP contribution < -0.4 is 5.73 Å². The molecule has 3 rings (SSSR count). The van der Waals surface area contributed by atoms with Crippen LogP contribution >= 0.6 is 23.1 Å². The number of rotatable bonds is 5. The summed E-state index contributed by atoms with van der Waals surface area (Å²) in [5, 5.41) is 7.07. The number of nitrogens with two attached hydrogens (primary N) is 1. The Bertz CT molecular complexity index is 640. The quantitative estimate of drug-likeness (QED) is 0.665. The van der Waals surface area contributed by atoms with Crippen LogP contribution in [0.25, 0.3) is 10.9 Å². The number of fused-ring (bicyclic) bond motifs is 1. The minimum atomic E-state index is 0.168. The van der Waals surface area contributed by atoms with Crippen molar-refractivity contribution in [1.82, 2.24) is 4.98 Å². The predicted octanol–water partition coefficient (Wildman–Crippen LogP) is 4.80. The van der Waals surface area contributed by atoms with Gasteiger partial charge in [0.2, 0.25) is 0 Å². The lowest BCUT2D eigenvalue weighted by atomic mass is 10.1. The Balaban J connectivity index is 1.89. The topological polar surface area (TPSA) is 41.8 Å². The molecule has 0 radical (unpaired) electrons. The van der Waals surface area contributed by atoms with Gasteiger partial charge in [0.1, 0.15) is 0 Å². The van der Waals surface area contributed by atoms with Crippen LogP contribution in [0.1, 0.15) is 24.2 Å². The first-order chi connectivity index (χ1) is 9.78. The number of hydrogen-bond acceptors (Lipinski definition) is 3. The van der Waals surface area contributed by atoms with Gasteiger partial charge in [-0.1, -0.05) is 36.9 Å². The Morgan fingerprint density at radius 3 is 2.85 bits per heavy atom. The second kappa shape index (κ2) is 6.04. The van der Waals surface area contributed by atoms with Crippen LogP contribution in [0, 0.1) is 0 Å². The molecule has 0 amide bonds. The average Bonchev–Trinajstić information content (AvgIpc) is 3.12. The fourth-order valence-electron chi connectivity index (χ4n) is 2.30. The first-order valence-electron chi connectivity index (χ1n) is 6.80. The van der Waals surface area contributed by atoms with Crippen LogP contribution in [0.4, 0.5) is 0 Å². The van der Waals surface area contributed by atoms with Crippen molar-refractivity contribution < 1.29 is 0 Å². The van der Waals surface area contributed by atoms with E-state index < -0.39 is 0 Å². The maximum atomic E-state index is 6.32. The number of aromatic nitrogens is 1. The van der Waals surface area contributed by atoms with Crippen molar-refractivity contribution in [2.75, 3.05) is 0 Å². The number of thioether (sulfide) groups is 1. The fourth-order valence-corrected chi connectivity index (χ4v) is 4.37. The zero-order chi connectivity index (χ0) is 13.9. The summed E-state index contributed by atoms with van der Waals surface area (Å²) in [4.78, 5) is 3.48. The van der Waals surface area contributed by atoms with Crippen LogP contribution in [0.15, 0.2) is 52.2 Å². The fraction of sp³-hybridized carbons (Fsp3) is 0.250. The molecular weight excluding hydrogens is 284 g/mol. The summed E-state index contributed by atoms with van der Waals surface area (Å²) >= 11 is 3.56. The largest absolute Gasteiger partial charge is 0.350 e. The summed E-state index contributed by atoms with van der Waals surface area (Å²) in [5.74, 6) is 0. The maximum Gasteiger partial charge on any atom is 0.0739 e. The molecule has 2 aromatic heterocycles. The molecule has 2 atom stereocenters. The van der Waals surface area contributed by atoms with E-state index in [1.807, 2.05) is 11.8 Å². The zero-order valence-corrected chi connectivity index (χ0v) is 13.0. The summed E-state index contributed by atoms with van der Waals surface area (Å²) in [6.45, 7) is 2.15. The van der Waals surface area contributed by atoms with Gasteiger partial charge in [-0.05, 0) is 40.9 Å². The van der Waals surface area contributed by atoms with E-state index in [0.717, 1.165) is 6.42 Å². The van der Waals surface area contributed by atoms with Crippen molar-refractivity contribution in [3.63, 3.8) is 0 Å². The molecule has 20 heavy (non-hydrogen) atoms. The van der Waals surface area contributed by atoms with E-state index in [4.69, 9.17) is 5.73 Å². The molecule has 2 unspecified atom stereocenters. The Labute approximate surface area is 127 Å². The summed E-state index contributed by atoms with van der Waals surface area (Å²) in [6.07, 6.45) is 0.980. The van der Waals surface area contributed by atoms with Crippen molar-refractivity contribution in [3.8, 4) is 0 Å². The highest BCUT2D eigenvalue weighted by Gasteiger charge is 2.21. The van der Waals surface area contributed by atoms with Crippen molar-refractivity contribution in [3.05, 3.63) is 52.7 Å². The molecular formula is C16H18N2S2. The molecule has 0 fully saturated rings. The van der Waals surface area contributed by atoms with E-state index in [1.165, 1.54) is 21.5 Å². The summed E-state index contributed by atoms with van der Waals surface area (Å²) < 4.78 is 0. The van der Waals surface area contributed by atoms with Gasteiger partial charge in [0.25, 0.3) is 0 Å². The van der Waals surface area contributed by atoms with Crippen molar-refractivity contribution in [2.45, 2.75) is 29.7 Å². The summed E-state index contributed by atoms with van der Waals surface area (Å²) in [5.41, 5.74) is 8.83. The van der Waals surface area contributed by atoms with Gasteiger partial charge in [0.15, 0.2) is 0 Å². The van der Waals surface area contributed by atoms with Gasteiger partial charge in [-0.15, -0.1) is 0 Å². The number of H-pyrrole nitrogens is 1. The van der Waals surface area contributed by atoms with Crippen LogP contribution in [-0.2, 0) is 0 Å². The van der Waals surface area contributed by atoms with Gasteiger partial charge in [0, 0.05) is 16.9 Å². The number of benzene rings is 1. The number of thiophene rings is 1. The first kappa shape index (κ1) is 13.7. The third-order valence-electron chi connectivity index (χ3n) is 3.49. The van der Waals surface area contributed by atoms with Crippen LogP contribution in [0.5, 0.6) is 0 Å². The molecule has 4 heteroatoms. The Morgan fingerprint density at radius 1 is 1.30 bits per heavy atom. The second-order valence-electron chi connectivity index (χ2n) is 4.89. The van der Waals surface area contributed by atoms with Gasteiger partial charge in [-0.2, -0.15) is 11.3 Å². The number of nitrogens with one attached hydrogen (secondary N) is 1. The number of para-hydroxylation sites is 1. The minimum Gasteiger partial charge on any atom is -0.350 e. The molecule has 0 aliphatic rings. The SMILES string of the molecule is CCC(N)C(Sc1cc2ccccc2[nH]1)c1ccsc1. The molecule has 0 aliphatic carbocycles. The standard InChI is InChI=1S/C16H18N2S2/c1-2-13(17)16(12-7-8-19-10-12)20-15-9-11-5-3-4-6-14(11)18-15/h3-10,13,16,18H,2,17H2,1H3. The number of aromatic amines is 1. The lowest BCUT2D eigenvalue weighted by molar-refractivity contribution is 0.635. The van der Waals surface area contributed by atoms with Gasteiger partial charge >= 0.3 is 0 Å². The number of hydrogen-bond donors (Lipinski definition) is 2. The third-order valence-corrected chi connectivity index (χ3v) is 5.54. The Hall–Kier alpha value is -1.23. The van der Waals surface area contributed by atoms with Gasteiger partial charge in [0.05, 0.1) is 10.3 Å². The second-order valence-corrected chi connectivity index (χ2v) is 6.85. The molecule has 3 N–H and O–H groups in total. The molecule has 2 heterocycles. The molecule has 0 aliphatic heterocycles. The molecule has 1 aromatic carbocycles. The molecule has 104 valence electrons. The summed E-state index contributed by atoms with van der Waals surface area (Å²) in [7, 11) is 0. The zero-order valence-electron chi connectivity index (χ0n) is 11.4. The molecule has 0 bridgehead atoms. The van der Waals surface area contributed by atoms with E-state index in [0.29, 0.717) is 5.25 Å². The minimum absolute atomic E-state index is 0.168. The highest BCUT2D eigenvalue weighted by Crippen LogP contribution is 2.39. The Morgan fingerprint density at radius 2 is 2.15 bits per heavy atom. The van der Waals surface area contributed by atoms with Gasteiger partial charge in [-0.3, -0.25) is 0 Å². The lowest BCUT2D eigenvalue weighted by Gasteiger charge is -2.21. The smallest absolute Gasteiger partial charge is 0.0739 e. The summed E-state index contributed by atoms with van der Waals surface area (Å²) in [6, 6.07) is 12.9. The van der Waals surface area contributed by atoms with E-state index in [-0.39, 0.29) is 6.04 Å². The van der Waals surface area contributed by atoms with Crippen LogP contribution in [0.3, 0.4) is 0 Å². The third kappa shape index (κ3) is 2.77. The molecule has 0 spiro atoms. The monoisotopic (exact) mass is 302 g/mol. The molecule has 0 saturated carbocycles. The lowest BCUT2D eigenvalue weighted by Crippen LogP contribution is -2.25. The van der Waals surface area contributed by atoms with E-state index >= 15 is 0 Å². The van der Waals surface area contributed by atoms with Gasteiger partial charge < -0.3 is 10.7 Å². The predicted molar refractivity (Wildman–Crippen MR) is 89.5 cm³/mol. The van der Waals surface area contributed by atoms with Gasteiger partial charge in [-0.25, -0.2) is 0 Å². The van der Waals surface area contributed by atoms with E-state index in [2.05, 4.69) is 59.1 Å². The van der Waals surface area contributed by atoms with Crippen LogP contribution in [-0.4, -0.2) is 11.0 Å². The molecule has 2 nitrogen and oxygen atoms in total. The highest BCUT2D eigenvalue weighted by atomic mass is 32.2. The highest BCUT2D eigenvalue weighted by molar-refractivity contribution is 7.99. The van der Waals surface area contributed by atoms with Crippen molar-refractivity contribution in [1.29, 1.82) is 0 Å². The van der Waals surface area contributed by atoms with E-state index in [9.17, 15) is 0 Å². The molecule has 3 aromatic rings. The Kier molecular flexibility index (Phi) is 4.15. The van der Waals surface area contributed by atoms with Crippen molar-refractivity contribution in [2.24, 2.45) is 5.73 Å². The normalized spacial score (nSPS) is 14.5. The van der Waals surface area contributed by atoms with Crippen molar-refractivity contribution >= 4 is 34.0 Å². The van der Waals surface area contributed by atoms with Crippen LogP contribution in [0.2, 0.25) is 0 Å².